The second kappa shape index (κ2) is 9.10. The first-order valence-corrected chi connectivity index (χ1v) is 11.0. The summed E-state index contributed by atoms with van der Waals surface area (Å²) in [5.41, 5.74) is 3.50. The van der Waals surface area contributed by atoms with E-state index in [4.69, 9.17) is 23.2 Å². The van der Waals surface area contributed by atoms with Gasteiger partial charge in [-0.25, -0.2) is 14.4 Å². The fourth-order valence-corrected chi connectivity index (χ4v) is 4.55. The Morgan fingerprint density at radius 1 is 1.12 bits per heavy atom. The van der Waals surface area contributed by atoms with E-state index in [1.54, 1.807) is 31.2 Å². The maximum Gasteiger partial charge on any atom is 0.219 e. The molecule has 0 bridgehead atoms. The van der Waals surface area contributed by atoms with Crippen LogP contribution in [0.15, 0.2) is 42.7 Å². The van der Waals surface area contributed by atoms with Gasteiger partial charge in [0.05, 0.1) is 26.8 Å². The van der Waals surface area contributed by atoms with Gasteiger partial charge < -0.3 is 9.88 Å². The zero-order valence-electron chi connectivity index (χ0n) is 17.3. The Balaban J connectivity index is 1.54. The Labute approximate surface area is 200 Å². The molecule has 0 atom stereocenters. The van der Waals surface area contributed by atoms with Gasteiger partial charge in [0, 0.05) is 35.8 Å². The van der Waals surface area contributed by atoms with E-state index in [1.807, 2.05) is 13.0 Å². The lowest BCUT2D eigenvalue weighted by Crippen LogP contribution is -2.12. The van der Waals surface area contributed by atoms with Crippen molar-refractivity contribution in [2.75, 3.05) is 11.9 Å². The topological polar surface area (TPSA) is 59.8 Å². The van der Waals surface area contributed by atoms with E-state index in [0.717, 1.165) is 16.6 Å². The number of hydrogen-bond acceptors (Lipinski definition) is 4. The molecule has 2 aromatic heterocycles. The SMILES string of the molecule is Cc1cc(-c2cc(NCCn3c(C)cc4c(Cl)ccc(Cl)c43)ncn2)cc(F)c1C(=O)S. The van der Waals surface area contributed by atoms with Crippen LogP contribution in [0.5, 0.6) is 0 Å². The number of benzene rings is 2. The van der Waals surface area contributed by atoms with Gasteiger partial charge in [0.15, 0.2) is 0 Å². The summed E-state index contributed by atoms with van der Waals surface area (Å²) >= 11 is 16.5. The van der Waals surface area contributed by atoms with Gasteiger partial charge in [-0.3, -0.25) is 4.79 Å². The van der Waals surface area contributed by atoms with Crippen LogP contribution >= 0.6 is 35.8 Å². The molecule has 2 aromatic carbocycles. The van der Waals surface area contributed by atoms with Gasteiger partial charge >= 0.3 is 0 Å². The van der Waals surface area contributed by atoms with E-state index in [0.29, 0.717) is 45.8 Å². The molecule has 0 saturated heterocycles. The molecule has 0 saturated carbocycles. The van der Waals surface area contributed by atoms with Crippen LogP contribution in [-0.2, 0) is 6.54 Å². The first kappa shape index (κ1) is 22.6. The van der Waals surface area contributed by atoms with Gasteiger partial charge in [0.25, 0.3) is 0 Å². The van der Waals surface area contributed by atoms with Gasteiger partial charge in [0.2, 0.25) is 5.12 Å². The zero-order valence-corrected chi connectivity index (χ0v) is 19.7. The second-order valence-electron chi connectivity index (χ2n) is 7.40. The molecule has 5 nitrogen and oxygen atoms in total. The van der Waals surface area contributed by atoms with Crippen LogP contribution in [0.1, 0.15) is 21.6 Å². The Hall–Kier alpha value is -2.61. The van der Waals surface area contributed by atoms with Crippen LogP contribution in [0.4, 0.5) is 10.2 Å². The number of fused-ring (bicyclic) bond motifs is 1. The molecule has 9 heteroatoms. The number of aromatic nitrogens is 3. The predicted molar refractivity (Wildman–Crippen MR) is 131 cm³/mol. The fraction of sp³-hybridized carbons (Fsp3) is 0.174. The molecule has 32 heavy (non-hydrogen) atoms. The van der Waals surface area contributed by atoms with Gasteiger partial charge in [-0.15, -0.1) is 12.6 Å². The first-order valence-electron chi connectivity index (χ1n) is 9.80. The minimum atomic E-state index is -0.626. The number of aryl methyl sites for hydroxylation is 2. The lowest BCUT2D eigenvalue weighted by atomic mass is 10.0. The molecule has 0 unspecified atom stereocenters. The van der Waals surface area contributed by atoms with Crippen molar-refractivity contribution in [1.29, 1.82) is 0 Å². The van der Waals surface area contributed by atoms with Crippen LogP contribution < -0.4 is 5.32 Å². The number of anilines is 1. The highest BCUT2D eigenvalue weighted by Crippen LogP contribution is 2.32. The van der Waals surface area contributed by atoms with Crippen molar-refractivity contribution in [1.82, 2.24) is 14.5 Å². The molecule has 2 heterocycles. The van der Waals surface area contributed by atoms with Crippen molar-refractivity contribution in [3.63, 3.8) is 0 Å². The normalized spacial score (nSPS) is 11.2. The third kappa shape index (κ3) is 4.33. The predicted octanol–water partition coefficient (Wildman–Crippen LogP) is 6.34. The summed E-state index contributed by atoms with van der Waals surface area (Å²) in [6.07, 6.45) is 1.41. The molecule has 0 radical (unpaired) electrons. The standard InChI is InChI=1S/C23H19Cl2FN4OS/c1-12-7-14(9-18(26)21(12)23(31)32)19-10-20(29-11-28-19)27-5-6-30-13(2)8-15-16(24)3-4-17(25)22(15)30/h3-4,7-11H,5-6H2,1-2H3,(H,31,32)(H,27,28,29). The number of halogens is 3. The molecule has 164 valence electrons. The Morgan fingerprint density at radius 2 is 1.88 bits per heavy atom. The Bertz CT molecular complexity index is 1330. The van der Waals surface area contributed by atoms with E-state index >= 15 is 0 Å². The Morgan fingerprint density at radius 3 is 2.59 bits per heavy atom. The number of nitrogens with one attached hydrogen (secondary N) is 1. The highest BCUT2D eigenvalue weighted by Gasteiger charge is 2.15. The first-order chi connectivity index (χ1) is 15.3. The van der Waals surface area contributed by atoms with Crippen LogP contribution in [0.2, 0.25) is 10.0 Å². The van der Waals surface area contributed by atoms with Crippen molar-refractivity contribution in [3.8, 4) is 11.3 Å². The van der Waals surface area contributed by atoms with Gasteiger partial charge in [-0.1, -0.05) is 23.2 Å². The van der Waals surface area contributed by atoms with E-state index in [-0.39, 0.29) is 5.56 Å². The van der Waals surface area contributed by atoms with Gasteiger partial charge in [-0.2, -0.15) is 0 Å². The van der Waals surface area contributed by atoms with Crippen LogP contribution in [-0.4, -0.2) is 26.2 Å². The molecule has 4 rings (SSSR count). The van der Waals surface area contributed by atoms with Crippen molar-refractivity contribution in [2.45, 2.75) is 20.4 Å². The lowest BCUT2D eigenvalue weighted by molar-refractivity contribution is 0.108. The lowest BCUT2D eigenvalue weighted by Gasteiger charge is -2.12. The molecular weight excluding hydrogens is 470 g/mol. The number of carbonyl (C=O) groups is 1. The molecule has 0 fully saturated rings. The third-order valence-electron chi connectivity index (χ3n) is 5.27. The highest BCUT2D eigenvalue weighted by atomic mass is 35.5. The summed E-state index contributed by atoms with van der Waals surface area (Å²) in [5, 5.41) is 4.88. The zero-order chi connectivity index (χ0) is 23.0. The summed E-state index contributed by atoms with van der Waals surface area (Å²) in [4.78, 5) is 20.0. The van der Waals surface area contributed by atoms with E-state index < -0.39 is 10.9 Å². The van der Waals surface area contributed by atoms with Crippen molar-refractivity contribution in [2.24, 2.45) is 0 Å². The molecule has 0 aliphatic heterocycles. The monoisotopic (exact) mass is 488 g/mol. The molecule has 0 spiro atoms. The number of nitrogens with zero attached hydrogens (tertiary/aromatic N) is 3. The van der Waals surface area contributed by atoms with Crippen molar-refractivity contribution in [3.05, 3.63) is 75.4 Å². The van der Waals surface area contributed by atoms with Crippen LogP contribution in [0.3, 0.4) is 0 Å². The number of carbonyl (C=O) groups excluding carboxylic acids is 1. The molecular formula is C23H19Cl2FN4OS. The third-order valence-corrected chi connectivity index (χ3v) is 6.13. The average Bonchev–Trinajstić information content (AvgIpc) is 3.08. The summed E-state index contributed by atoms with van der Waals surface area (Å²) < 4.78 is 16.5. The summed E-state index contributed by atoms with van der Waals surface area (Å²) in [6, 6.07) is 10.3. The average molecular weight is 489 g/mol. The smallest absolute Gasteiger partial charge is 0.219 e. The largest absolute Gasteiger partial charge is 0.368 e. The molecule has 1 N–H and O–H groups in total. The summed E-state index contributed by atoms with van der Waals surface area (Å²) in [5.74, 6) is -0.0284. The number of hydrogen-bond donors (Lipinski definition) is 2. The molecule has 4 aromatic rings. The molecule has 0 aliphatic carbocycles. The quantitative estimate of drug-likeness (QED) is 0.310. The fourth-order valence-electron chi connectivity index (χ4n) is 3.79. The van der Waals surface area contributed by atoms with E-state index in [2.05, 4.69) is 32.5 Å². The summed E-state index contributed by atoms with van der Waals surface area (Å²) in [6.45, 7) is 4.88. The van der Waals surface area contributed by atoms with Crippen LogP contribution in [0, 0.1) is 19.7 Å². The van der Waals surface area contributed by atoms with Crippen molar-refractivity contribution >= 4 is 57.7 Å². The second-order valence-corrected chi connectivity index (χ2v) is 8.62. The Kier molecular flexibility index (Phi) is 6.42. The van der Waals surface area contributed by atoms with E-state index in [1.165, 1.54) is 12.4 Å². The molecule has 0 aliphatic rings. The minimum absolute atomic E-state index is 0.0300. The molecule has 0 amide bonds. The van der Waals surface area contributed by atoms with Crippen LogP contribution in [0.25, 0.3) is 22.2 Å². The van der Waals surface area contributed by atoms with E-state index in [9.17, 15) is 9.18 Å². The number of thiol groups is 1. The number of rotatable bonds is 6. The minimum Gasteiger partial charge on any atom is -0.368 e. The maximum atomic E-state index is 14.4. The summed E-state index contributed by atoms with van der Waals surface area (Å²) in [7, 11) is 0. The van der Waals surface area contributed by atoms with Gasteiger partial charge in [-0.05, 0) is 49.7 Å². The van der Waals surface area contributed by atoms with Gasteiger partial charge in [0.1, 0.15) is 18.0 Å². The van der Waals surface area contributed by atoms with Crippen molar-refractivity contribution < 1.29 is 9.18 Å². The highest BCUT2D eigenvalue weighted by molar-refractivity contribution is 7.97. The maximum absolute atomic E-state index is 14.4.